The van der Waals surface area contributed by atoms with Crippen LogP contribution in [0.4, 0.5) is 4.39 Å². The monoisotopic (exact) mass is 287 g/mol. The number of halogens is 2. The van der Waals surface area contributed by atoms with Gasteiger partial charge >= 0.3 is 0 Å². The zero-order valence-electron chi connectivity index (χ0n) is 9.30. The van der Waals surface area contributed by atoms with Crippen LogP contribution >= 0.6 is 15.9 Å². The first-order valence-electron chi connectivity index (χ1n) is 5.41. The van der Waals surface area contributed by atoms with E-state index in [1.807, 2.05) is 13.0 Å². The lowest BCUT2D eigenvalue weighted by Gasteiger charge is -2.26. The van der Waals surface area contributed by atoms with Gasteiger partial charge in [0.05, 0.1) is 13.2 Å². The first kappa shape index (κ1) is 12.0. The van der Waals surface area contributed by atoms with Crippen molar-refractivity contribution in [3.05, 3.63) is 33.5 Å². The highest BCUT2D eigenvalue weighted by Crippen LogP contribution is 2.21. The van der Waals surface area contributed by atoms with Gasteiger partial charge in [-0.05, 0) is 18.6 Å². The van der Waals surface area contributed by atoms with Gasteiger partial charge in [-0.1, -0.05) is 22.0 Å². The minimum absolute atomic E-state index is 0.135. The minimum atomic E-state index is -0.135. The summed E-state index contributed by atoms with van der Waals surface area (Å²) in [5.74, 6) is -0.135. The molecule has 1 aromatic rings. The largest absolute Gasteiger partial charge is 0.379 e. The lowest BCUT2D eigenvalue weighted by atomic mass is 10.1. The van der Waals surface area contributed by atoms with Crippen LogP contribution in [-0.2, 0) is 11.3 Å². The van der Waals surface area contributed by atoms with Crippen LogP contribution in [0.2, 0.25) is 0 Å². The fourth-order valence-electron chi connectivity index (χ4n) is 1.84. The Kier molecular flexibility index (Phi) is 3.95. The first-order valence-corrected chi connectivity index (χ1v) is 6.21. The molecule has 88 valence electrons. The van der Waals surface area contributed by atoms with E-state index in [0.29, 0.717) is 6.54 Å². The number of morpholine rings is 1. The molecule has 16 heavy (non-hydrogen) atoms. The SMILES string of the molecule is Cc1cc(CN2CCOCC2)c(F)cc1Br. The summed E-state index contributed by atoms with van der Waals surface area (Å²) in [5, 5.41) is 0. The summed E-state index contributed by atoms with van der Waals surface area (Å²) < 4.78 is 19.8. The molecule has 0 atom stereocenters. The molecule has 0 aliphatic carbocycles. The third kappa shape index (κ3) is 2.81. The average molecular weight is 288 g/mol. The topological polar surface area (TPSA) is 12.5 Å². The molecule has 0 spiro atoms. The van der Waals surface area contributed by atoms with Gasteiger partial charge in [-0.25, -0.2) is 4.39 Å². The van der Waals surface area contributed by atoms with Crippen LogP contribution < -0.4 is 0 Å². The maximum absolute atomic E-state index is 13.7. The van der Waals surface area contributed by atoms with Crippen molar-refractivity contribution in [2.75, 3.05) is 26.3 Å². The van der Waals surface area contributed by atoms with Crippen LogP contribution in [0.25, 0.3) is 0 Å². The highest BCUT2D eigenvalue weighted by Gasteiger charge is 2.13. The normalized spacial score (nSPS) is 17.7. The van der Waals surface area contributed by atoms with E-state index in [9.17, 15) is 4.39 Å². The van der Waals surface area contributed by atoms with Gasteiger partial charge in [0.25, 0.3) is 0 Å². The number of ether oxygens (including phenoxy) is 1. The Labute approximate surface area is 104 Å². The summed E-state index contributed by atoms with van der Waals surface area (Å²) in [4.78, 5) is 2.22. The summed E-state index contributed by atoms with van der Waals surface area (Å²) in [7, 11) is 0. The van der Waals surface area contributed by atoms with E-state index in [1.165, 1.54) is 0 Å². The smallest absolute Gasteiger partial charge is 0.128 e. The highest BCUT2D eigenvalue weighted by atomic mass is 79.9. The van der Waals surface area contributed by atoms with E-state index in [-0.39, 0.29) is 5.82 Å². The van der Waals surface area contributed by atoms with Crippen molar-refractivity contribution in [1.82, 2.24) is 4.90 Å². The van der Waals surface area contributed by atoms with Gasteiger partial charge in [-0.15, -0.1) is 0 Å². The second-order valence-corrected chi connectivity index (χ2v) is 4.94. The number of hydrogen-bond acceptors (Lipinski definition) is 2. The van der Waals surface area contributed by atoms with E-state index in [1.54, 1.807) is 6.07 Å². The molecule has 2 nitrogen and oxygen atoms in total. The van der Waals surface area contributed by atoms with Gasteiger partial charge in [0.2, 0.25) is 0 Å². The number of aryl methyl sites for hydroxylation is 1. The van der Waals surface area contributed by atoms with Crippen molar-refractivity contribution in [2.45, 2.75) is 13.5 Å². The molecule has 1 saturated heterocycles. The zero-order chi connectivity index (χ0) is 11.5. The Morgan fingerprint density at radius 1 is 1.38 bits per heavy atom. The lowest BCUT2D eigenvalue weighted by Crippen LogP contribution is -2.35. The standard InChI is InChI=1S/C12H15BrFNO/c1-9-6-10(12(14)7-11(9)13)8-15-2-4-16-5-3-15/h6-7H,2-5,8H2,1H3. The molecule has 0 aromatic heterocycles. The van der Waals surface area contributed by atoms with Gasteiger partial charge in [-0.2, -0.15) is 0 Å². The predicted octanol–water partition coefficient (Wildman–Crippen LogP) is 2.73. The van der Waals surface area contributed by atoms with Crippen molar-refractivity contribution in [3.63, 3.8) is 0 Å². The molecule has 1 aliphatic rings. The van der Waals surface area contributed by atoms with Crippen LogP contribution in [0.15, 0.2) is 16.6 Å². The van der Waals surface area contributed by atoms with Crippen LogP contribution in [0.3, 0.4) is 0 Å². The second-order valence-electron chi connectivity index (χ2n) is 4.08. The zero-order valence-corrected chi connectivity index (χ0v) is 10.9. The molecule has 1 heterocycles. The third-order valence-electron chi connectivity index (χ3n) is 2.83. The Hall–Kier alpha value is -0.450. The van der Waals surface area contributed by atoms with Crippen molar-refractivity contribution in [1.29, 1.82) is 0 Å². The van der Waals surface area contributed by atoms with Gasteiger partial charge in [-0.3, -0.25) is 4.90 Å². The number of benzene rings is 1. The van der Waals surface area contributed by atoms with E-state index >= 15 is 0 Å². The molecule has 0 amide bonds. The van der Waals surface area contributed by atoms with Crippen LogP contribution in [-0.4, -0.2) is 31.2 Å². The molecule has 1 fully saturated rings. The molecular weight excluding hydrogens is 273 g/mol. The molecule has 0 saturated carbocycles. The van der Waals surface area contributed by atoms with Crippen molar-refractivity contribution in [2.24, 2.45) is 0 Å². The summed E-state index contributed by atoms with van der Waals surface area (Å²) >= 11 is 3.33. The quantitative estimate of drug-likeness (QED) is 0.829. The fourth-order valence-corrected chi connectivity index (χ4v) is 2.15. The molecular formula is C12H15BrFNO. The van der Waals surface area contributed by atoms with E-state index < -0.39 is 0 Å². The number of hydrogen-bond donors (Lipinski definition) is 0. The molecule has 0 radical (unpaired) electrons. The maximum atomic E-state index is 13.7. The Bertz CT molecular complexity index is 378. The Morgan fingerprint density at radius 3 is 2.75 bits per heavy atom. The highest BCUT2D eigenvalue weighted by molar-refractivity contribution is 9.10. The molecule has 1 aromatic carbocycles. The molecule has 0 N–H and O–H groups in total. The number of rotatable bonds is 2. The average Bonchev–Trinajstić information content (AvgIpc) is 2.27. The van der Waals surface area contributed by atoms with Gasteiger partial charge in [0.15, 0.2) is 0 Å². The number of nitrogens with zero attached hydrogens (tertiary/aromatic N) is 1. The molecule has 0 bridgehead atoms. The van der Waals surface area contributed by atoms with E-state index in [4.69, 9.17) is 4.74 Å². The summed E-state index contributed by atoms with van der Waals surface area (Å²) in [6, 6.07) is 3.46. The summed E-state index contributed by atoms with van der Waals surface area (Å²) in [5.41, 5.74) is 1.84. The Balaban J connectivity index is 2.11. The maximum Gasteiger partial charge on any atom is 0.128 e. The van der Waals surface area contributed by atoms with Gasteiger partial charge in [0.1, 0.15) is 5.82 Å². The van der Waals surface area contributed by atoms with E-state index in [0.717, 1.165) is 41.9 Å². The van der Waals surface area contributed by atoms with Gasteiger partial charge in [0, 0.05) is 29.7 Å². The van der Waals surface area contributed by atoms with Crippen LogP contribution in [0.5, 0.6) is 0 Å². The Morgan fingerprint density at radius 2 is 2.06 bits per heavy atom. The van der Waals surface area contributed by atoms with Crippen LogP contribution in [0, 0.1) is 12.7 Å². The second kappa shape index (κ2) is 5.25. The lowest BCUT2D eigenvalue weighted by molar-refractivity contribution is 0.0337. The van der Waals surface area contributed by atoms with E-state index in [2.05, 4.69) is 20.8 Å². The summed E-state index contributed by atoms with van der Waals surface area (Å²) in [6.45, 7) is 5.91. The van der Waals surface area contributed by atoms with Crippen molar-refractivity contribution < 1.29 is 9.13 Å². The predicted molar refractivity (Wildman–Crippen MR) is 64.9 cm³/mol. The third-order valence-corrected chi connectivity index (χ3v) is 3.68. The molecule has 0 unspecified atom stereocenters. The molecule has 1 aliphatic heterocycles. The van der Waals surface area contributed by atoms with Crippen molar-refractivity contribution in [3.8, 4) is 0 Å². The van der Waals surface area contributed by atoms with Crippen molar-refractivity contribution >= 4 is 15.9 Å². The molecule has 4 heteroatoms. The minimum Gasteiger partial charge on any atom is -0.379 e. The molecule has 2 rings (SSSR count). The fraction of sp³-hybridized carbons (Fsp3) is 0.500. The first-order chi connectivity index (χ1) is 7.66. The van der Waals surface area contributed by atoms with Gasteiger partial charge < -0.3 is 4.74 Å². The van der Waals surface area contributed by atoms with Crippen LogP contribution in [0.1, 0.15) is 11.1 Å². The summed E-state index contributed by atoms with van der Waals surface area (Å²) in [6.07, 6.45) is 0.